The molecular weight excluding hydrogens is 342 g/mol. The quantitative estimate of drug-likeness (QED) is 0.834. The highest BCUT2D eigenvalue weighted by Gasteiger charge is 2.30. The summed E-state index contributed by atoms with van der Waals surface area (Å²) in [7, 11) is -3.55. The van der Waals surface area contributed by atoms with Crippen molar-refractivity contribution in [3.05, 3.63) is 54.0 Å². The lowest BCUT2D eigenvalue weighted by Gasteiger charge is -2.34. The van der Waals surface area contributed by atoms with E-state index in [4.69, 9.17) is 9.15 Å². The van der Waals surface area contributed by atoms with Crippen molar-refractivity contribution in [1.82, 2.24) is 4.90 Å². The Hall–Kier alpha value is -2.12. The fourth-order valence-corrected chi connectivity index (χ4v) is 4.42. The predicted octanol–water partition coefficient (Wildman–Crippen LogP) is 2.50. The summed E-state index contributed by atoms with van der Waals surface area (Å²) >= 11 is 0. The van der Waals surface area contributed by atoms with Crippen molar-refractivity contribution in [3.8, 4) is 0 Å². The number of furan rings is 1. The molecule has 134 valence electrons. The summed E-state index contributed by atoms with van der Waals surface area (Å²) in [6, 6.07) is 9.73. The molecule has 1 aromatic carbocycles. The molecule has 1 amide bonds. The maximum Gasteiger partial charge on any atom is 0.290 e. The molecule has 1 aliphatic rings. The Morgan fingerprint density at radius 2 is 1.76 bits per heavy atom. The van der Waals surface area contributed by atoms with Crippen LogP contribution in [0.2, 0.25) is 0 Å². The number of nitrogens with zero attached hydrogens (tertiary/aromatic N) is 1. The minimum atomic E-state index is -3.55. The van der Waals surface area contributed by atoms with Crippen LogP contribution in [0.4, 0.5) is 0 Å². The van der Waals surface area contributed by atoms with Gasteiger partial charge in [-0.25, -0.2) is 8.42 Å². The van der Waals surface area contributed by atoms with Crippen molar-refractivity contribution in [2.45, 2.75) is 36.7 Å². The third-order valence-electron chi connectivity index (χ3n) is 4.10. The number of hydrogen-bond acceptors (Lipinski definition) is 5. The summed E-state index contributed by atoms with van der Waals surface area (Å²) < 4.78 is 36.1. The molecule has 1 saturated heterocycles. The zero-order valence-corrected chi connectivity index (χ0v) is 15.0. The molecule has 1 aromatic heterocycles. The van der Waals surface area contributed by atoms with E-state index in [1.807, 2.05) is 13.8 Å². The van der Waals surface area contributed by atoms with Gasteiger partial charge in [-0.3, -0.25) is 4.79 Å². The number of ether oxygens (including phenoxy) is 1. The van der Waals surface area contributed by atoms with Crippen LogP contribution in [0.5, 0.6) is 0 Å². The molecule has 0 radical (unpaired) electrons. The van der Waals surface area contributed by atoms with E-state index < -0.39 is 9.84 Å². The molecule has 0 N–H and O–H groups in total. The van der Waals surface area contributed by atoms with Crippen molar-refractivity contribution >= 4 is 15.7 Å². The molecule has 2 heterocycles. The smallest absolute Gasteiger partial charge is 0.290 e. The van der Waals surface area contributed by atoms with Gasteiger partial charge < -0.3 is 14.1 Å². The third-order valence-corrected chi connectivity index (χ3v) is 5.78. The lowest BCUT2D eigenvalue weighted by atomic mass is 10.2. The Bertz CT molecular complexity index is 833. The number of carbonyl (C=O) groups is 1. The normalized spacial score (nSPS) is 21.3. The molecule has 2 atom stereocenters. The molecule has 6 nitrogen and oxygen atoms in total. The number of sulfone groups is 1. The van der Waals surface area contributed by atoms with E-state index >= 15 is 0 Å². The molecule has 1 fully saturated rings. The van der Waals surface area contributed by atoms with Crippen LogP contribution in [0, 0.1) is 0 Å². The summed E-state index contributed by atoms with van der Waals surface area (Å²) in [5.41, 5.74) is 0.376. The number of carbonyl (C=O) groups excluding carboxylic acids is 1. The average molecular weight is 363 g/mol. The third kappa shape index (κ3) is 3.93. The van der Waals surface area contributed by atoms with Gasteiger partial charge in [0.05, 0.1) is 29.1 Å². The zero-order valence-electron chi connectivity index (χ0n) is 14.2. The largest absolute Gasteiger partial charge is 0.459 e. The highest BCUT2D eigenvalue weighted by Crippen LogP contribution is 2.22. The summed E-state index contributed by atoms with van der Waals surface area (Å²) in [6.45, 7) is 4.71. The van der Waals surface area contributed by atoms with Crippen LogP contribution in [-0.4, -0.2) is 44.5 Å². The van der Waals surface area contributed by atoms with Crippen LogP contribution in [0.3, 0.4) is 0 Å². The number of amides is 1. The Kier molecular flexibility index (Phi) is 4.96. The van der Waals surface area contributed by atoms with E-state index in [1.54, 1.807) is 41.3 Å². The molecule has 1 aliphatic heterocycles. The Morgan fingerprint density at radius 1 is 1.12 bits per heavy atom. The number of hydrogen-bond donors (Lipinski definition) is 0. The van der Waals surface area contributed by atoms with Crippen LogP contribution in [0.15, 0.2) is 52.0 Å². The first kappa shape index (κ1) is 17.7. The van der Waals surface area contributed by atoms with Crippen molar-refractivity contribution in [2.75, 3.05) is 13.1 Å². The fourth-order valence-electron chi connectivity index (χ4n) is 3.04. The van der Waals surface area contributed by atoms with Crippen LogP contribution < -0.4 is 0 Å². The minimum Gasteiger partial charge on any atom is -0.459 e. The molecule has 7 heteroatoms. The van der Waals surface area contributed by atoms with E-state index in [0.29, 0.717) is 18.7 Å². The predicted molar refractivity (Wildman–Crippen MR) is 92.0 cm³/mol. The van der Waals surface area contributed by atoms with Crippen molar-refractivity contribution in [1.29, 1.82) is 0 Å². The second kappa shape index (κ2) is 7.01. The van der Waals surface area contributed by atoms with Crippen molar-refractivity contribution < 1.29 is 22.4 Å². The maximum absolute atomic E-state index is 12.8. The van der Waals surface area contributed by atoms with E-state index in [0.717, 1.165) is 0 Å². The molecule has 25 heavy (non-hydrogen) atoms. The first-order valence-electron chi connectivity index (χ1n) is 8.15. The number of benzene rings is 1. The van der Waals surface area contributed by atoms with Crippen LogP contribution in [0.25, 0.3) is 0 Å². The highest BCUT2D eigenvalue weighted by atomic mass is 32.2. The number of rotatable bonds is 4. The van der Waals surface area contributed by atoms with Crippen molar-refractivity contribution in [2.24, 2.45) is 0 Å². The standard InChI is InChI=1S/C18H21NO5S/c1-13-10-19(11-14(2)24-13)18(20)17-15(8-9-23-17)12-25(21,22)16-6-4-3-5-7-16/h3-9,13-14H,10-12H2,1-2H3. The summed E-state index contributed by atoms with van der Waals surface area (Å²) in [5.74, 6) is -0.490. The summed E-state index contributed by atoms with van der Waals surface area (Å²) in [4.78, 5) is 14.7. The van der Waals surface area contributed by atoms with Crippen LogP contribution in [0.1, 0.15) is 30.0 Å². The Morgan fingerprint density at radius 3 is 2.40 bits per heavy atom. The lowest BCUT2D eigenvalue weighted by molar-refractivity contribution is -0.0592. The van der Waals surface area contributed by atoms with E-state index in [2.05, 4.69) is 0 Å². The lowest BCUT2D eigenvalue weighted by Crippen LogP contribution is -2.48. The topological polar surface area (TPSA) is 76.8 Å². The average Bonchev–Trinajstić information content (AvgIpc) is 3.01. The highest BCUT2D eigenvalue weighted by molar-refractivity contribution is 7.90. The summed E-state index contributed by atoms with van der Waals surface area (Å²) in [5, 5.41) is 0. The van der Waals surface area contributed by atoms with Gasteiger partial charge in [-0.05, 0) is 32.0 Å². The van der Waals surface area contributed by atoms with E-state index in [-0.39, 0.29) is 34.5 Å². The molecule has 2 aromatic rings. The molecular formula is C18H21NO5S. The van der Waals surface area contributed by atoms with Gasteiger partial charge in [-0.15, -0.1) is 0 Å². The fraction of sp³-hybridized carbons (Fsp3) is 0.389. The first-order chi connectivity index (χ1) is 11.9. The second-order valence-electron chi connectivity index (χ2n) is 6.31. The second-order valence-corrected chi connectivity index (χ2v) is 8.30. The van der Waals surface area contributed by atoms with Gasteiger partial charge in [-0.2, -0.15) is 0 Å². The van der Waals surface area contributed by atoms with Crippen LogP contribution in [-0.2, 0) is 20.3 Å². The van der Waals surface area contributed by atoms with Gasteiger partial charge >= 0.3 is 0 Å². The van der Waals surface area contributed by atoms with E-state index in [1.165, 1.54) is 6.26 Å². The van der Waals surface area contributed by atoms with Gasteiger partial charge in [-0.1, -0.05) is 18.2 Å². The molecule has 0 spiro atoms. The minimum absolute atomic E-state index is 0.0702. The molecule has 3 rings (SSSR count). The summed E-state index contributed by atoms with van der Waals surface area (Å²) in [6.07, 6.45) is 1.22. The molecule has 2 unspecified atom stereocenters. The van der Waals surface area contributed by atoms with Crippen LogP contribution >= 0.6 is 0 Å². The Labute approximate surface area is 147 Å². The van der Waals surface area contributed by atoms with Gasteiger partial charge in [0, 0.05) is 18.7 Å². The molecule has 0 bridgehead atoms. The molecule has 0 saturated carbocycles. The Balaban J connectivity index is 1.82. The van der Waals surface area contributed by atoms with Gasteiger partial charge in [0.2, 0.25) is 0 Å². The van der Waals surface area contributed by atoms with Crippen molar-refractivity contribution in [3.63, 3.8) is 0 Å². The van der Waals surface area contributed by atoms with Gasteiger partial charge in [0.25, 0.3) is 5.91 Å². The number of morpholine rings is 1. The van der Waals surface area contributed by atoms with Gasteiger partial charge in [0.1, 0.15) is 0 Å². The SMILES string of the molecule is CC1CN(C(=O)c2occc2CS(=O)(=O)c2ccccc2)CC(C)O1. The van der Waals surface area contributed by atoms with Gasteiger partial charge in [0.15, 0.2) is 15.6 Å². The first-order valence-corrected chi connectivity index (χ1v) is 9.81. The molecule has 0 aliphatic carbocycles. The zero-order chi connectivity index (χ0) is 18.0. The monoisotopic (exact) mass is 363 g/mol. The maximum atomic E-state index is 12.8. The van der Waals surface area contributed by atoms with E-state index in [9.17, 15) is 13.2 Å².